The standard InChI is InChI=1S/C28H34F3N3O4/c1-37-20-2-3-24-21(14-20)26(18(15-32)16-33-24)25(36)4-5-28(17-35)6-8-34(9-7-28)10-11-38-27-22(30)12-19(29)13-23(27)31/h2-3,12-14,16,25,35-36H,4-11,15,17,32H2,1H3. The summed E-state index contributed by atoms with van der Waals surface area (Å²) in [6.07, 6.45) is 3.35. The van der Waals surface area contributed by atoms with E-state index in [9.17, 15) is 23.4 Å². The lowest BCUT2D eigenvalue weighted by molar-refractivity contribution is 0.0202. The van der Waals surface area contributed by atoms with Gasteiger partial charge in [0.25, 0.3) is 0 Å². The molecular weight excluding hydrogens is 499 g/mol. The van der Waals surface area contributed by atoms with Crippen LogP contribution in [-0.4, -0.2) is 60.1 Å². The Morgan fingerprint density at radius 2 is 1.84 bits per heavy atom. The second-order valence-electron chi connectivity index (χ2n) is 9.89. The Bertz CT molecular complexity index is 1220. The largest absolute Gasteiger partial charge is 0.497 e. The van der Waals surface area contributed by atoms with Gasteiger partial charge in [0.1, 0.15) is 18.2 Å². The molecule has 0 bridgehead atoms. The minimum atomic E-state index is -1.07. The van der Waals surface area contributed by atoms with Gasteiger partial charge in [-0.05, 0) is 73.5 Å². The van der Waals surface area contributed by atoms with Crippen LogP contribution in [-0.2, 0) is 6.54 Å². The van der Waals surface area contributed by atoms with Crippen molar-refractivity contribution < 1.29 is 32.9 Å². The molecule has 7 nitrogen and oxygen atoms in total. The van der Waals surface area contributed by atoms with Gasteiger partial charge in [-0.3, -0.25) is 9.88 Å². The third-order valence-corrected chi connectivity index (χ3v) is 7.57. The van der Waals surface area contributed by atoms with Crippen molar-refractivity contribution >= 4 is 10.9 Å². The van der Waals surface area contributed by atoms with E-state index in [-0.39, 0.29) is 25.2 Å². The van der Waals surface area contributed by atoms with Gasteiger partial charge in [-0.1, -0.05) is 0 Å². The third kappa shape index (κ3) is 6.20. The number of aliphatic hydroxyl groups excluding tert-OH is 2. The normalized spacial score (nSPS) is 16.5. The number of likely N-dealkylation sites (tertiary alicyclic amines) is 1. The molecular formula is C28H34F3N3O4. The van der Waals surface area contributed by atoms with E-state index >= 15 is 0 Å². The fourth-order valence-electron chi connectivity index (χ4n) is 5.19. The number of pyridine rings is 1. The first-order valence-electron chi connectivity index (χ1n) is 12.7. The topological polar surface area (TPSA) is 101 Å². The third-order valence-electron chi connectivity index (χ3n) is 7.57. The Labute approximate surface area is 220 Å². The number of ether oxygens (including phenoxy) is 2. The molecule has 38 heavy (non-hydrogen) atoms. The van der Waals surface area contributed by atoms with E-state index in [1.807, 2.05) is 18.2 Å². The molecule has 0 aliphatic carbocycles. The molecule has 0 radical (unpaired) electrons. The fourth-order valence-corrected chi connectivity index (χ4v) is 5.19. The van der Waals surface area contributed by atoms with Crippen LogP contribution in [0.3, 0.4) is 0 Å². The first kappa shape index (κ1) is 28.1. The summed E-state index contributed by atoms with van der Waals surface area (Å²) in [6.45, 7) is 2.04. The molecule has 1 fully saturated rings. The highest BCUT2D eigenvalue weighted by atomic mass is 19.1. The molecule has 1 atom stereocenters. The summed E-state index contributed by atoms with van der Waals surface area (Å²) < 4.78 is 51.3. The highest BCUT2D eigenvalue weighted by Crippen LogP contribution is 2.39. The molecule has 10 heteroatoms. The SMILES string of the molecule is COc1ccc2ncc(CN)c(C(O)CCC3(CO)CCN(CCOc4c(F)cc(F)cc4F)CC3)c2c1. The number of hydrogen-bond donors (Lipinski definition) is 3. The van der Waals surface area contributed by atoms with E-state index in [0.717, 1.165) is 22.0 Å². The number of aliphatic hydroxyl groups is 2. The molecule has 4 rings (SSSR count). The maximum Gasteiger partial charge on any atom is 0.190 e. The number of aromatic nitrogens is 1. The van der Waals surface area contributed by atoms with Crippen molar-refractivity contribution in [3.63, 3.8) is 0 Å². The Morgan fingerprint density at radius 3 is 2.47 bits per heavy atom. The predicted molar refractivity (Wildman–Crippen MR) is 137 cm³/mol. The fraction of sp³-hybridized carbons (Fsp3) is 0.464. The number of methoxy groups -OCH3 is 1. The van der Waals surface area contributed by atoms with Crippen molar-refractivity contribution in [2.75, 3.05) is 40.0 Å². The highest BCUT2D eigenvalue weighted by Gasteiger charge is 2.35. The summed E-state index contributed by atoms with van der Waals surface area (Å²) in [7, 11) is 1.58. The number of nitrogens with two attached hydrogens (primary N) is 1. The monoisotopic (exact) mass is 533 g/mol. The maximum absolute atomic E-state index is 13.8. The van der Waals surface area contributed by atoms with E-state index in [4.69, 9.17) is 15.2 Å². The number of fused-ring (bicyclic) bond motifs is 1. The van der Waals surface area contributed by atoms with Gasteiger partial charge < -0.3 is 25.4 Å². The van der Waals surface area contributed by atoms with E-state index in [2.05, 4.69) is 9.88 Å². The van der Waals surface area contributed by atoms with Crippen molar-refractivity contribution in [2.24, 2.45) is 11.1 Å². The minimum absolute atomic E-state index is 0.00920. The molecule has 0 amide bonds. The number of halogens is 3. The van der Waals surface area contributed by atoms with Crippen LogP contribution < -0.4 is 15.2 Å². The number of piperidine rings is 1. The molecule has 0 saturated carbocycles. The van der Waals surface area contributed by atoms with Gasteiger partial charge in [0.05, 0.1) is 18.7 Å². The molecule has 1 saturated heterocycles. The zero-order valence-electron chi connectivity index (χ0n) is 21.4. The van der Waals surface area contributed by atoms with Gasteiger partial charge >= 0.3 is 0 Å². The second kappa shape index (κ2) is 12.3. The molecule has 4 N–H and O–H groups in total. The number of benzene rings is 2. The van der Waals surface area contributed by atoms with Crippen molar-refractivity contribution in [2.45, 2.75) is 38.3 Å². The summed E-state index contributed by atoms with van der Waals surface area (Å²) in [5.74, 6) is -3.06. The van der Waals surface area contributed by atoms with E-state index in [1.165, 1.54) is 0 Å². The van der Waals surface area contributed by atoms with Crippen LogP contribution in [0.2, 0.25) is 0 Å². The molecule has 2 heterocycles. The lowest BCUT2D eigenvalue weighted by Gasteiger charge is -2.41. The van der Waals surface area contributed by atoms with Crippen LogP contribution in [0.15, 0.2) is 36.5 Å². The Kier molecular flexibility index (Phi) is 9.09. The summed E-state index contributed by atoms with van der Waals surface area (Å²) >= 11 is 0. The molecule has 3 aromatic rings. The Balaban J connectivity index is 1.35. The lowest BCUT2D eigenvalue weighted by Crippen LogP contribution is -2.43. The number of hydrogen-bond acceptors (Lipinski definition) is 7. The van der Waals surface area contributed by atoms with Crippen molar-refractivity contribution in [3.8, 4) is 11.5 Å². The molecule has 0 spiro atoms. The molecule has 2 aromatic carbocycles. The summed E-state index contributed by atoms with van der Waals surface area (Å²) in [5.41, 5.74) is 7.85. The maximum atomic E-state index is 13.8. The zero-order chi connectivity index (χ0) is 27.3. The molecule has 1 aromatic heterocycles. The lowest BCUT2D eigenvalue weighted by atomic mass is 9.74. The smallest absolute Gasteiger partial charge is 0.190 e. The van der Waals surface area contributed by atoms with E-state index in [1.54, 1.807) is 13.3 Å². The van der Waals surface area contributed by atoms with Crippen LogP contribution in [0.4, 0.5) is 13.2 Å². The Hall–Kier alpha value is -2.92. The zero-order valence-corrected chi connectivity index (χ0v) is 21.4. The van der Waals surface area contributed by atoms with Crippen molar-refractivity contribution in [3.05, 3.63) is 65.1 Å². The number of rotatable bonds is 11. The van der Waals surface area contributed by atoms with Gasteiger partial charge in [0, 0.05) is 43.4 Å². The van der Waals surface area contributed by atoms with Crippen LogP contribution in [0.25, 0.3) is 10.9 Å². The quantitative estimate of drug-likeness (QED) is 0.341. The first-order chi connectivity index (χ1) is 18.3. The average molecular weight is 534 g/mol. The second-order valence-corrected chi connectivity index (χ2v) is 9.89. The Morgan fingerprint density at radius 1 is 1.13 bits per heavy atom. The van der Waals surface area contributed by atoms with E-state index in [0.29, 0.717) is 63.2 Å². The van der Waals surface area contributed by atoms with Gasteiger partial charge in [-0.25, -0.2) is 13.2 Å². The summed E-state index contributed by atoms with van der Waals surface area (Å²) in [5, 5.41) is 22.3. The molecule has 1 unspecified atom stereocenters. The van der Waals surface area contributed by atoms with Crippen LogP contribution in [0.5, 0.6) is 11.5 Å². The molecule has 1 aliphatic heterocycles. The van der Waals surface area contributed by atoms with Gasteiger partial charge in [0.15, 0.2) is 17.4 Å². The van der Waals surface area contributed by atoms with Gasteiger partial charge in [-0.2, -0.15) is 0 Å². The number of nitrogens with zero attached hydrogens (tertiary/aromatic N) is 2. The summed E-state index contributed by atoms with van der Waals surface area (Å²) in [4.78, 5) is 6.55. The van der Waals surface area contributed by atoms with E-state index < -0.39 is 29.3 Å². The summed E-state index contributed by atoms with van der Waals surface area (Å²) in [6, 6.07) is 6.69. The molecule has 1 aliphatic rings. The minimum Gasteiger partial charge on any atom is -0.497 e. The van der Waals surface area contributed by atoms with Gasteiger partial charge in [-0.15, -0.1) is 0 Å². The first-order valence-corrected chi connectivity index (χ1v) is 12.7. The van der Waals surface area contributed by atoms with Crippen LogP contribution in [0, 0.1) is 22.9 Å². The van der Waals surface area contributed by atoms with Crippen molar-refractivity contribution in [1.29, 1.82) is 0 Å². The van der Waals surface area contributed by atoms with Crippen LogP contribution in [0.1, 0.15) is 42.9 Å². The highest BCUT2D eigenvalue weighted by molar-refractivity contribution is 5.85. The predicted octanol–water partition coefficient (Wildman–Crippen LogP) is 4.09. The van der Waals surface area contributed by atoms with Gasteiger partial charge in [0.2, 0.25) is 0 Å². The molecule has 206 valence electrons. The van der Waals surface area contributed by atoms with Crippen molar-refractivity contribution in [1.82, 2.24) is 9.88 Å². The average Bonchev–Trinajstić information content (AvgIpc) is 2.92. The van der Waals surface area contributed by atoms with Crippen LogP contribution >= 0.6 is 0 Å².